The van der Waals surface area contributed by atoms with Crippen LogP contribution in [0.2, 0.25) is 0 Å². The van der Waals surface area contributed by atoms with Crippen LogP contribution < -0.4 is 10.1 Å². The first kappa shape index (κ1) is 16.7. The van der Waals surface area contributed by atoms with Crippen molar-refractivity contribution >= 4 is 28.7 Å². The number of rotatable bonds is 5. The van der Waals surface area contributed by atoms with E-state index in [-0.39, 0.29) is 5.91 Å². The number of benzene rings is 1. The molecule has 1 N–H and O–H groups in total. The van der Waals surface area contributed by atoms with Gasteiger partial charge in [0.25, 0.3) is 0 Å². The van der Waals surface area contributed by atoms with Gasteiger partial charge in [-0.25, -0.2) is 4.98 Å². The molecule has 6 heteroatoms. The standard InChI is InChI=1S/C19H20N4O2/c1-4-25-16-8-5-14(6-9-16)7-10-18(24)21-15-11-17-13(2)22-23(3)19(17)20-12-15/h5-12H,4H2,1-3H3,(H,21,24)/b10-7+. The highest BCUT2D eigenvalue weighted by atomic mass is 16.5. The Morgan fingerprint density at radius 1 is 1.32 bits per heavy atom. The molecule has 0 unspecified atom stereocenters. The van der Waals surface area contributed by atoms with Gasteiger partial charge in [-0.1, -0.05) is 12.1 Å². The number of carbonyl (C=O) groups excluding carboxylic acids is 1. The Bertz CT molecular complexity index is 926. The normalized spacial score (nSPS) is 11.2. The second kappa shape index (κ2) is 7.17. The molecular formula is C19H20N4O2. The fourth-order valence-corrected chi connectivity index (χ4v) is 2.57. The summed E-state index contributed by atoms with van der Waals surface area (Å²) in [5, 5.41) is 8.07. The molecule has 0 saturated carbocycles. The molecule has 6 nitrogen and oxygen atoms in total. The maximum Gasteiger partial charge on any atom is 0.248 e. The van der Waals surface area contributed by atoms with Gasteiger partial charge in [0, 0.05) is 18.5 Å². The number of amides is 1. The van der Waals surface area contributed by atoms with Crippen LogP contribution >= 0.6 is 0 Å². The van der Waals surface area contributed by atoms with Gasteiger partial charge >= 0.3 is 0 Å². The first-order chi connectivity index (χ1) is 12.1. The lowest BCUT2D eigenvalue weighted by atomic mass is 10.2. The van der Waals surface area contributed by atoms with Gasteiger partial charge in [0.05, 0.1) is 24.2 Å². The predicted octanol–water partition coefficient (Wildman–Crippen LogP) is 3.33. The molecule has 3 rings (SSSR count). The summed E-state index contributed by atoms with van der Waals surface area (Å²) in [6.07, 6.45) is 4.88. The lowest BCUT2D eigenvalue weighted by Crippen LogP contribution is -2.08. The molecule has 0 spiro atoms. The maximum absolute atomic E-state index is 12.1. The van der Waals surface area contributed by atoms with E-state index in [2.05, 4.69) is 15.4 Å². The number of pyridine rings is 1. The van der Waals surface area contributed by atoms with Gasteiger partial charge in [0.1, 0.15) is 5.75 Å². The molecule has 1 aromatic carbocycles. The summed E-state index contributed by atoms with van der Waals surface area (Å²) in [7, 11) is 1.85. The lowest BCUT2D eigenvalue weighted by molar-refractivity contribution is -0.111. The number of anilines is 1. The zero-order chi connectivity index (χ0) is 17.8. The molecule has 2 aromatic heterocycles. The number of aryl methyl sites for hydroxylation is 2. The minimum atomic E-state index is -0.212. The Labute approximate surface area is 146 Å². The highest BCUT2D eigenvalue weighted by Crippen LogP contribution is 2.19. The minimum Gasteiger partial charge on any atom is -0.494 e. The number of nitrogens with zero attached hydrogens (tertiary/aromatic N) is 3. The molecule has 0 aliphatic carbocycles. The number of aromatic nitrogens is 3. The van der Waals surface area contributed by atoms with Crippen molar-refractivity contribution in [1.82, 2.24) is 14.8 Å². The van der Waals surface area contributed by atoms with E-state index in [4.69, 9.17) is 4.74 Å². The molecule has 0 radical (unpaired) electrons. The van der Waals surface area contributed by atoms with Gasteiger partial charge in [-0.05, 0) is 43.7 Å². The van der Waals surface area contributed by atoms with Crippen molar-refractivity contribution in [1.29, 1.82) is 0 Å². The van der Waals surface area contributed by atoms with Crippen LogP contribution in [0.25, 0.3) is 17.1 Å². The third-order valence-electron chi connectivity index (χ3n) is 3.75. The fourth-order valence-electron chi connectivity index (χ4n) is 2.57. The van der Waals surface area contributed by atoms with Crippen LogP contribution in [-0.4, -0.2) is 27.3 Å². The highest BCUT2D eigenvalue weighted by molar-refractivity contribution is 6.02. The average Bonchev–Trinajstić information content (AvgIpc) is 2.88. The second-order valence-electron chi connectivity index (χ2n) is 5.63. The number of fused-ring (bicyclic) bond motifs is 1. The van der Waals surface area contributed by atoms with E-state index in [0.717, 1.165) is 28.0 Å². The van der Waals surface area contributed by atoms with Crippen molar-refractivity contribution in [2.24, 2.45) is 7.05 Å². The summed E-state index contributed by atoms with van der Waals surface area (Å²) in [5.74, 6) is 0.604. The van der Waals surface area contributed by atoms with Crippen molar-refractivity contribution in [2.45, 2.75) is 13.8 Å². The third kappa shape index (κ3) is 3.85. The van der Waals surface area contributed by atoms with Crippen molar-refractivity contribution in [3.63, 3.8) is 0 Å². The average molecular weight is 336 g/mol. The minimum absolute atomic E-state index is 0.212. The molecule has 0 bridgehead atoms. The van der Waals surface area contributed by atoms with Crippen LogP contribution in [0.5, 0.6) is 5.75 Å². The van der Waals surface area contributed by atoms with Crippen molar-refractivity contribution in [3.05, 3.63) is 53.9 Å². The van der Waals surface area contributed by atoms with Crippen LogP contribution in [0.15, 0.2) is 42.6 Å². The summed E-state index contributed by atoms with van der Waals surface area (Å²) in [6.45, 7) is 4.49. The molecule has 25 heavy (non-hydrogen) atoms. The van der Waals surface area contributed by atoms with E-state index < -0.39 is 0 Å². The Balaban J connectivity index is 1.68. The van der Waals surface area contributed by atoms with Gasteiger partial charge in [0.15, 0.2) is 5.65 Å². The molecule has 2 heterocycles. The Morgan fingerprint density at radius 3 is 2.80 bits per heavy atom. The number of ether oxygens (including phenoxy) is 1. The summed E-state index contributed by atoms with van der Waals surface area (Å²) in [4.78, 5) is 16.5. The van der Waals surface area contributed by atoms with Gasteiger partial charge in [-0.3, -0.25) is 9.48 Å². The SMILES string of the molecule is CCOc1ccc(/C=C/C(=O)Nc2cnc3c(c2)c(C)nn3C)cc1. The molecule has 128 valence electrons. The van der Waals surface area contributed by atoms with Gasteiger partial charge in [-0.15, -0.1) is 0 Å². The van der Waals surface area contributed by atoms with Crippen LogP contribution in [0.3, 0.4) is 0 Å². The Kier molecular flexibility index (Phi) is 4.79. The van der Waals surface area contributed by atoms with Crippen molar-refractivity contribution in [2.75, 3.05) is 11.9 Å². The van der Waals surface area contributed by atoms with Crippen LogP contribution in [0.1, 0.15) is 18.2 Å². The highest BCUT2D eigenvalue weighted by Gasteiger charge is 2.07. The molecule has 3 aromatic rings. The van der Waals surface area contributed by atoms with E-state index in [0.29, 0.717) is 12.3 Å². The molecule has 0 fully saturated rings. The van der Waals surface area contributed by atoms with Gasteiger partial charge in [0.2, 0.25) is 5.91 Å². The number of hydrogen-bond donors (Lipinski definition) is 1. The van der Waals surface area contributed by atoms with Crippen LogP contribution in [0.4, 0.5) is 5.69 Å². The number of hydrogen-bond acceptors (Lipinski definition) is 4. The maximum atomic E-state index is 12.1. The molecule has 0 saturated heterocycles. The molecule has 0 aliphatic heterocycles. The third-order valence-corrected chi connectivity index (χ3v) is 3.75. The summed E-state index contributed by atoms with van der Waals surface area (Å²) in [5.41, 5.74) is 3.24. The Morgan fingerprint density at radius 2 is 2.08 bits per heavy atom. The van der Waals surface area contributed by atoms with E-state index in [1.165, 1.54) is 6.08 Å². The van der Waals surface area contributed by atoms with Crippen molar-refractivity contribution in [3.8, 4) is 5.75 Å². The van der Waals surface area contributed by atoms with Crippen LogP contribution in [-0.2, 0) is 11.8 Å². The molecule has 0 atom stereocenters. The van der Waals surface area contributed by atoms with Gasteiger partial charge in [-0.2, -0.15) is 5.10 Å². The zero-order valence-electron chi connectivity index (χ0n) is 14.5. The Hall–Kier alpha value is -3.15. The monoisotopic (exact) mass is 336 g/mol. The van der Waals surface area contributed by atoms with Crippen LogP contribution in [0, 0.1) is 6.92 Å². The zero-order valence-corrected chi connectivity index (χ0v) is 14.5. The summed E-state index contributed by atoms with van der Waals surface area (Å²) in [6, 6.07) is 9.45. The molecular weight excluding hydrogens is 316 g/mol. The predicted molar refractivity (Wildman–Crippen MR) is 98.5 cm³/mol. The van der Waals surface area contributed by atoms with E-state index in [1.807, 2.05) is 51.2 Å². The first-order valence-corrected chi connectivity index (χ1v) is 8.08. The van der Waals surface area contributed by atoms with E-state index in [9.17, 15) is 4.79 Å². The number of carbonyl (C=O) groups is 1. The van der Waals surface area contributed by atoms with Crippen molar-refractivity contribution < 1.29 is 9.53 Å². The first-order valence-electron chi connectivity index (χ1n) is 8.08. The quantitative estimate of drug-likeness (QED) is 0.726. The largest absolute Gasteiger partial charge is 0.494 e. The summed E-state index contributed by atoms with van der Waals surface area (Å²) >= 11 is 0. The summed E-state index contributed by atoms with van der Waals surface area (Å²) < 4.78 is 7.12. The van der Waals surface area contributed by atoms with Gasteiger partial charge < -0.3 is 10.1 Å². The lowest BCUT2D eigenvalue weighted by Gasteiger charge is -2.03. The number of nitrogens with one attached hydrogen (secondary N) is 1. The smallest absolute Gasteiger partial charge is 0.248 e. The topological polar surface area (TPSA) is 69.0 Å². The van der Waals surface area contributed by atoms with E-state index >= 15 is 0 Å². The second-order valence-corrected chi connectivity index (χ2v) is 5.63. The molecule has 1 amide bonds. The van der Waals surface area contributed by atoms with E-state index in [1.54, 1.807) is 17.0 Å². The fraction of sp³-hybridized carbons (Fsp3) is 0.211. The molecule has 0 aliphatic rings.